The lowest BCUT2D eigenvalue weighted by Crippen LogP contribution is -2.36. The number of aliphatic hydroxyl groups excluding tert-OH is 1. The third-order valence-electron chi connectivity index (χ3n) is 3.58. The number of anilines is 2. The average molecular weight is 299 g/mol. The Morgan fingerprint density at radius 2 is 1.90 bits per heavy atom. The molecule has 1 aromatic carbocycles. The fourth-order valence-electron chi connectivity index (χ4n) is 2.30. The smallest absolute Gasteiger partial charge is 0.242 e. The number of piperidine rings is 1. The molecular weight excluding hydrogens is 278 g/mol. The van der Waals surface area contributed by atoms with E-state index in [0.717, 1.165) is 18.8 Å². The Balaban J connectivity index is 2.27. The van der Waals surface area contributed by atoms with Crippen LogP contribution in [0.4, 0.5) is 11.4 Å². The maximum Gasteiger partial charge on any atom is 0.242 e. The second-order valence-corrected chi connectivity index (χ2v) is 7.38. The van der Waals surface area contributed by atoms with Gasteiger partial charge in [-0.2, -0.15) is 0 Å². The fraction of sp³-hybridized carbons (Fsp3) is 0.538. The van der Waals surface area contributed by atoms with Gasteiger partial charge in [0.1, 0.15) is 0 Å². The number of nitrogens with zero attached hydrogens (tertiary/aromatic N) is 2. The highest BCUT2D eigenvalue weighted by Crippen LogP contribution is 2.29. The fourth-order valence-corrected chi connectivity index (χ4v) is 3.24. The highest BCUT2D eigenvalue weighted by molar-refractivity contribution is 7.89. The molecule has 1 aliphatic heterocycles. The molecule has 0 unspecified atom stereocenters. The number of rotatable bonds is 3. The van der Waals surface area contributed by atoms with Gasteiger partial charge in [-0.15, -0.1) is 0 Å². The lowest BCUT2D eigenvalue weighted by Gasteiger charge is -2.32. The summed E-state index contributed by atoms with van der Waals surface area (Å²) in [6.07, 6.45) is 1.16. The minimum atomic E-state index is -3.46. The Kier molecular flexibility index (Phi) is 4.22. The molecule has 1 heterocycles. The van der Waals surface area contributed by atoms with Gasteiger partial charge in [0.2, 0.25) is 10.0 Å². The first-order valence-corrected chi connectivity index (χ1v) is 8.01. The van der Waals surface area contributed by atoms with Crippen LogP contribution in [0.25, 0.3) is 0 Å². The largest absolute Gasteiger partial charge is 0.397 e. The van der Waals surface area contributed by atoms with Crippen LogP contribution in [-0.2, 0) is 10.0 Å². The van der Waals surface area contributed by atoms with Crippen LogP contribution in [0.2, 0.25) is 0 Å². The molecule has 0 saturated carbocycles. The van der Waals surface area contributed by atoms with Gasteiger partial charge in [-0.25, -0.2) is 12.7 Å². The van der Waals surface area contributed by atoms with Crippen LogP contribution >= 0.6 is 0 Å². The van der Waals surface area contributed by atoms with E-state index in [1.807, 2.05) is 0 Å². The van der Waals surface area contributed by atoms with E-state index in [1.54, 1.807) is 12.1 Å². The van der Waals surface area contributed by atoms with Gasteiger partial charge < -0.3 is 15.7 Å². The van der Waals surface area contributed by atoms with Crippen LogP contribution in [0.1, 0.15) is 12.8 Å². The molecular formula is C13H21N3O3S. The van der Waals surface area contributed by atoms with E-state index in [0.29, 0.717) is 18.5 Å². The maximum absolute atomic E-state index is 12.0. The zero-order valence-corrected chi connectivity index (χ0v) is 12.6. The molecule has 0 atom stereocenters. The average Bonchev–Trinajstić information content (AvgIpc) is 2.39. The molecule has 7 heteroatoms. The van der Waals surface area contributed by atoms with Crippen molar-refractivity contribution in [2.75, 3.05) is 37.8 Å². The van der Waals surface area contributed by atoms with Gasteiger partial charge in [0.25, 0.3) is 0 Å². The minimum absolute atomic E-state index is 0.195. The lowest BCUT2D eigenvalue weighted by molar-refractivity contribution is 0.145. The topological polar surface area (TPSA) is 86.9 Å². The summed E-state index contributed by atoms with van der Waals surface area (Å²) in [5.74, 6) is 0. The highest BCUT2D eigenvalue weighted by Gasteiger charge is 2.22. The Bertz CT molecular complexity index is 579. The van der Waals surface area contributed by atoms with E-state index < -0.39 is 10.0 Å². The monoisotopic (exact) mass is 299 g/mol. The summed E-state index contributed by atoms with van der Waals surface area (Å²) >= 11 is 0. The van der Waals surface area contributed by atoms with Crippen LogP contribution in [-0.4, -0.2) is 51.1 Å². The third-order valence-corrected chi connectivity index (χ3v) is 5.39. The molecule has 0 amide bonds. The number of hydrogen-bond acceptors (Lipinski definition) is 5. The summed E-state index contributed by atoms with van der Waals surface area (Å²) in [6, 6.07) is 4.81. The van der Waals surface area contributed by atoms with E-state index in [9.17, 15) is 13.5 Å². The van der Waals surface area contributed by atoms with Crippen LogP contribution in [0.15, 0.2) is 23.1 Å². The van der Waals surface area contributed by atoms with Crippen LogP contribution < -0.4 is 10.6 Å². The molecule has 0 radical (unpaired) electrons. The van der Waals surface area contributed by atoms with Gasteiger partial charge in [0.15, 0.2) is 0 Å². The summed E-state index contributed by atoms with van der Waals surface area (Å²) < 4.78 is 25.2. The maximum atomic E-state index is 12.0. The SMILES string of the molecule is CN(C)S(=O)(=O)c1ccc(N2CCC(O)CC2)c(N)c1. The second kappa shape index (κ2) is 5.59. The molecule has 0 spiro atoms. The molecule has 20 heavy (non-hydrogen) atoms. The van der Waals surface area contributed by atoms with Gasteiger partial charge in [-0.1, -0.05) is 0 Å². The summed E-state index contributed by atoms with van der Waals surface area (Å²) in [4.78, 5) is 2.27. The van der Waals surface area contributed by atoms with Crippen molar-refractivity contribution >= 4 is 21.4 Å². The van der Waals surface area contributed by atoms with Gasteiger partial charge >= 0.3 is 0 Å². The number of sulfonamides is 1. The van der Waals surface area contributed by atoms with Crippen molar-refractivity contribution in [3.63, 3.8) is 0 Å². The van der Waals surface area contributed by atoms with Gasteiger partial charge in [-0.05, 0) is 31.0 Å². The third kappa shape index (κ3) is 2.89. The zero-order valence-electron chi connectivity index (χ0n) is 11.8. The van der Waals surface area contributed by atoms with Crippen molar-refractivity contribution in [1.82, 2.24) is 4.31 Å². The van der Waals surface area contributed by atoms with Crippen molar-refractivity contribution in [2.45, 2.75) is 23.8 Å². The normalized spacial score (nSPS) is 17.7. The molecule has 1 saturated heterocycles. The summed E-state index contributed by atoms with van der Waals surface area (Å²) in [6.45, 7) is 1.45. The summed E-state index contributed by atoms with van der Waals surface area (Å²) in [7, 11) is -0.478. The molecule has 2 rings (SSSR count). The number of nitrogen functional groups attached to an aromatic ring is 1. The van der Waals surface area contributed by atoms with Crippen molar-refractivity contribution in [1.29, 1.82) is 0 Å². The van der Waals surface area contributed by atoms with Crippen molar-refractivity contribution < 1.29 is 13.5 Å². The first kappa shape index (κ1) is 15.1. The molecule has 0 bridgehead atoms. The first-order chi connectivity index (χ1) is 9.32. The van der Waals surface area contributed by atoms with Crippen LogP contribution in [0.5, 0.6) is 0 Å². The predicted octanol–water partition coefficient (Wildman–Crippen LogP) is 0.480. The molecule has 1 aromatic rings. The molecule has 1 fully saturated rings. The lowest BCUT2D eigenvalue weighted by atomic mass is 10.1. The molecule has 6 nitrogen and oxygen atoms in total. The zero-order chi connectivity index (χ0) is 14.9. The molecule has 112 valence electrons. The predicted molar refractivity (Wildman–Crippen MR) is 79.2 cm³/mol. The molecule has 0 aromatic heterocycles. The first-order valence-electron chi connectivity index (χ1n) is 6.57. The van der Waals surface area contributed by atoms with Crippen molar-refractivity contribution in [3.05, 3.63) is 18.2 Å². The van der Waals surface area contributed by atoms with Crippen molar-refractivity contribution in [3.8, 4) is 0 Å². The molecule has 0 aliphatic carbocycles. The second-order valence-electron chi connectivity index (χ2n) is 5.23. The Morgan fingerprint density at radius 3 is 2.40 bits per heavy atom. The van der Waals surface area contributed by atoms with Gasteiger partial charge in [0, 0.05) is 27.2 Å². The van der Waals surface area contributed by atoms with Gasteiger partial charge in [0.05, 0.1) is 22.4 Å². The number of benzene rings is 1. The quantitative estimate of drug-likeness (QED) is 0.793. The Hall–Kier alpha value is -1.31. The molecule has 3 N–H and O–H groups in total. The minimum Gasteiger partial charge on any atom is -0.397 e. The molecule has 1 aliphatic rings. The Labute approximate surface area is 119 Å². The van der Waals surface area contributed by atoms with E-state index >= 15 is 0 Å². The van der Waals surface area contributed by atoms with E-state index in [2.05, 4.69) is 4.90 Å². The number of aliphatic hydroxyl groups is 1. The number of nitrogens with two attached hydrogens (primary N) is 1. The Morgan fingerprint density at radius 1 is 1.30 bits per heavy atom. The summed E-state index contributed by atoms with van der Waals surface area (Å²) in [5.41, 5.74) is 7.27. The van der Waals surface area contributed by atoms with Crippen LogP contribution in [0, 0.1) is 0 Å². The van der Waals surface area contributed by atoms with E-state index in [1.165, 1.54) is 24.5 Å². The van der Waals surface area contributed by atoms with Crippen molar-refractivity contribution in [2.24, 2.45) is 0 Å². The standard InChI is InChI=1S/C13H21N3O3S/c1-15(2)20(18,19)11-3-4-13(12(14)9-11)16-7-5-10(17)6-8-16/h3-4,9-10,17H,5-8,14H2,1-2H3. The van der Waals surface area contributed by atoms with E-state index in [4.69, 9.17) is 5.73 Å². The van der Waals surface area contributed by atoms with Crippen LogP contribution in [0.3, 0.4) is 0 Å². The number of hydrogen-bond donors (Lipinski definition) is 2. The summed E-state index contributed by atoms with van der Waals surface area (Å²) in [5, 5.41) is 9.51. The van der Waals surface area contributed by atoms with E-state index in [-0.39, 0.29) is 11.0 Å². The van der Waals surface area contributed by atoms with Gasteiger partial charge in [-0.3, -0.25) is 0 Å². The highest BCUT2D eigenvalue weighted by atomic mass is 32.2.